The Morgan fingerprint density at radius 1 is 1.03 bits per heavy atom. The first kappa shape index (κ1) is 22.7. The second-order valence-corrected chi connectivity index (χ2v) is 7.66. The Morgan fingerprint density at radius 3 is 2.62 bits per heavy atom. The van der Waals surface area contributed by atoms with E-state index >= 15 is 0 Å². The number of rotatable bonds is 8. The zero-order chi connectivity index (χ0) is 23.9. The molecular weight excluding hydrogens is 434 g/mol. The van der Waals surface area contributed by atoms with E-state index in [0.717, 1.165) is 16.5 Å². The number of carbonyl (C=O) groups is 2. The van der Waals surface area contributed by atoms with Crippen LogP contribution in [-0.2, 0) is 11.4 Å². The van der Waals surface area contributed by atoms with Gasteiger partial charge in [0.05, 0.1) is 0 Å². The maximum absolute atomic E-state index is 12.3. The average Bonchev–Trinajstić information content (AvgIpc) is 2.83. The number of amides is 2. The number of hydrogen-bond acceptors (Lipinski definition) is 6. The molecule has 8 heteroatoms. The Balaban J connectivity index is 1.26. The molecule has 34 heavy (non-hydrogen) atoms. The molecule has 8 nitrogen and oxygen atoms in total. The van der Waals surface area contributed by atoms with E-state index in [1.807, 2.05) is 19.1 Å². The van der Waals surface area contributed by atoms with Gasteiger partial charge in [-0.3, -0.25) is 9.59 Å². The summed E-state index contributed by atoms with van der Waals surface area (Å²) in [6.45, 7) is 2.35. The summed E-state index contributed by atoms with van der Waals surface area (Å²) >= 11 is 0. The van der Waals surface area contributed by atoms with Crippen molar-refractivity contribution in [2.45, 2.75) is 20.0 Å². The minimum atomic E-state index is -0.398. The highest BCUT2D eigenvalue weighted by molar-refractivity contribution is 5.95. The largest absolute Gasteiger partial charge is 0.489 e. The van der Waals surface area contributed by atoms with Crippen LogP contribution < -0.4 is 21.0 Å². The quantitative estimate of drug-likeness (QED) is 0.389. The Kier molecular flexibility index (Phi) is 6.98. The summed E-state index contributed by atoms with van der Waals surface area (Å²) in [5.74, 6) is 0.555. The number of pyridine rings is 1. The van der Waals surface area contributed by atoms with Crippen LogP contribution in [0.25, 0.3) is 11.0 Å². The number of hydrogen-bond donors (Lipinski definition) is 2. The molecule has 0 radical (unpaired) electrons. The van der Waals surface area contributed by atoms with Crippen molar-refractivity contribution in [2.24, 2.45) is 0 Å². The fourth-order valence-corrected chi connectivity index (χ4v) is 3.35. The van der Waals surface area contributed by atoms with Crippen molar-refractivity contribution in [1.82, 2.24) is 10.3 Å². The first-order valence-electron chi connectivity index (χ1n) is 10.7. The standard InChI is InChI=1S/C26H23N3O5/c1-17-14-25(31)34-22-15-20(9-10-21(17)22)33-16-18-5-7-19(8-6-18)26(32)28-13-11-24(30)29-23-4-2-3-12-27-23/h2-10,12,14-15H,11,13,16H2,1H3,(H,28,32)(H,27,29,30). The summed E-state index contributed by atoms with van der Waals surface area (Å²) in [7, 11) is 0. The van der Waals surface area contributed by atoms with Crippen LogP contribution in [-0.4, -0.2) is 23.3 Å². The van der Waals surface area contributed by atoms with Crippen LogP contribution in [0, 0.1) is 6.92 Å². The summed E-state index contributed by atoms with van der Waals surface area (Å²) in [5, 5.41) is 6.26. The highest BCUT2D eigenvalue weighted by atomic mass is 16.5. The molecular formula is C26H23N3O5. The third kappa shape index (κ3) is 5.86. The van der Waals surface area contributed by atoms with E-state index in [4.69, 9.17) is 9.15 Å². The first-order chi connectivity index (χ1) is 16.5. The van der Waals surface area contributed by atoms with Gasteiger partial charge in [0.1, 0.15) is 23.8 Å². The number of aromatic nitrogens is 1. The first-order valence-corrected chi connectivity index (χ1v) is 10.7. The van der Waals surface area contributed by atoms with Gasteiger partial charge in [-0.15, -0.1) is 0 Å². The molecule has 0 atom stereocenters. The number of anilines is 1. The van der Waals surface area contributed by atoms with Gasteiger partial charge < -0.3 is 19.8 Å². The number of benzene rings is 2. The second-order valence-electron chi connectivity index (χ2n) is 7.66. The number of fused-ring (bicyclic) bond motifs is 1. The highest BCUT2D eigenvalue weighted by Gasteiger charge is 2.08. The van der Waals surface area contributed by atoms with Crippen molar-refractivity contribution in [2.75, 3.05) is 11.9 Å². The minimum Gasteiger partial charge on any atom is -0.489 e. The van der Waals surface area contributed by atoms with Gasteiger partial charge in [0.25, 0.3) is 5.91 Å². The minimum absolute atomic E-state index is 0.139. The molecule has 2 aromatic carbocycles. The molecule has 4 aromatic rings. The average molecular weight is 457 g/mol. The van der Waals surface area contributed by atoms with E-state index in [0.29, 0.717) is 22.7 Å². The van der Waals surface area contributed by atoms with Crippen molar-refractivity contribution < 1.29 is 18.7 Å². The lowest BCUT2D eigenvalue weighted by Gasteiger charge is -2.09. The Morgan fingerprint density at radius 2 is 1.85 bits per heavy atom. The van der Waals surface area contributed by atoms with Crippen molar-refractivity contribution in [3.05, 3.63) is 100 Å². The van der Waals surface area contributed by atoms with E-state index in [1.54, 1.807) is 54.7 Å². The van der Waals surface area contributed by atoms with Crippen LogP contribution in [0.15, 0.2) is 82.1 Å². The van der Waals surface area contributed by atoms with E-state index in [2.05, 4.69) is 15.6 Å². The molecule has 2 N–H and O–H groups in total. The van der Waals surface area contributed by atoms with Crippen LogP contribution >= 0.6 is 0 Å². The fourth-order valence-electron chi connectivity index (χ4n) is 3.35. The molecule has 0 spiro atoms. The summed E-state index contributed by atoms with van der Waals surface area (Å²) < 4.78 is 11.1. The van der Waals surface area contributed by atoms with Crippen LogP contribution in [0.3, 0.4) is 0 Å². The lowest BCUT2D eigenvalue weighted by Crippen LogP contribution is -2.27. The van der Waals surface area contributed by atoms with Crippen molar-refractivity contribution in [1.29, 1.82) is 0 Å². The Hall–Kier alpha value is -4.46. The summed E-state index contributed by atoms with van der Waals surface area (Å²) in [6.07, 6.45) is 1.73. The third-order valence-electron chi connectivity index (χ3n) is 5.11. The zero-order valence-corrected chi connectivity index (χ0v) is 18.5. The summed E-state index contributed by atoms with van der Waals surface area (Å²) in [4.78, 5) is 39.9. The molecule has 0 fully saturated rings. The van der Waals surface area contributed by atoms with Gasteiger partial charge in [-0.25, -0.2) is 9.78 Å². The van der Waals surface area contributed by atoms with Gasteiger partial charge in [-0.2, -0.15) is 0 Å². The maximum atomic E-state index is 12.3. The van der Waals surface area contributed by atoms with Gasteiger partial charge in [0, 0.05) is 42.2 Å². The molecule has 0 unspecified atom stereocenters. The molecule has 0 aliphatic carbocycles. The van der Waals surface area contributed by atoms with Gasteiger partial charge in [-0.1, -0.05) is 18.2 Å². The zero-order valence-electron chi connectivity index (χ0n) is 18.5. The molecule has 0 saturated heterocycles. The van der Waals surface area contributed by atoms with Gasteiger partial charge in [-0.05, 0) is 54.4 Å². The van der Waals surface area contributed by atoms with Gasteiger partial charge in [0.2, 0.25) is 5.91 Å². The van der Waals surface area contributed by atoms with Crippen LogP contribution in [0.5, 0.6) is 5.75 Å². The van der Waals surface area contributed by atoms with E-state index in [-0.39, 0.29) is 31.4 Å². The predicted molar refractivity (Wildman–Crippen MR) is 128 cm³/mol. The Labute approximate surface area is 195 Å². The topological polar surface area (TPSA) is 111 Å². The van der Waals surface area contributed by atoms with E-state index in [1.165, 1.54) is 6.07 Å². The molecule has 2 heterocycles. The monoisotopic (exact) mass is 457 g/mol. The van der Waals surface area contributed by atoms with Crippen LogP contribution in [0.2, 0.25) is 0 Å². The second kappa shape index (κ2) is 10.4. The molecule has 0 saturated carbocycles. The highest BCUT2D eigenvalue weighted by Crippen LogP contribution is 2.23. The molecule has 172 valence electrons. The molecule has 0 aliphatic heterocycles. The molecule has 2 amide bonds. The maximum Gasteiger partial charge on any atom is 0.336 e. The third-order valence-corrected chi connectivity index (χ3v) is 5.11. The van der Waals surface area contributed by atoms with E-state index in [9.17, 15) is 14.4 Å². The molecule has 2 aromatic heterocycles. The van der Waals surface area contributed by atoms with E-state index < -0.39 is 5.63 Å². The van der Waals surface area contributed by atoms with Crippen molar-refractivity contribution in [3.63, 3.8) is 0 Å². The van der Waals surface area contributed by atoms with Gasteiger partial charge >= 0.3 is 5.63 Å². The lowest BCUT2D eigenvalue weighted by atomic mass is 10.1. The van der Waals surface area contributed by atoms with Gasteiger partial charge in [0.15, 0.2) is 0 Å². The van der Waals surface area contributed by atoms with Crippen LogP contribution in [0.4, 0.5) is 5.82 Å². The van der Waals surface area contributed by atoms with Crippen molar-refractivity contribution >= 4 is 28.6 Å². The van der Waals surface area contributed by atoms with Crippen molar-refractivity contribution in [3.8, 4) is 5.75 Å². The number of carbonyl (C=O) groups excluding carboxylic acids is 2. The number of nitrogens with zero attached hydrogens (tertiary/aromatic N) is 1. The fraction of sp³-hybridized carbons (Fsp3) is 0.154. The SMILES string of the molecule is Cc1cc(=O)oc2cc(OCc3ccc(C(=O)NCCC(=O)Nc4ccccn4)cc3)ccc12. The Bertz CT molecular complexity index is 1370. The number of aryl methyl sites for hydroxylation is 1. The summed E-state index contributed by atoms with van der Waals surface area (Å²) in [5.41, 5.74) is 2.28. The molecule has 4 rings (SSSR count). The molecule has 0 aliphatic rings. The lowest BCUT2D eigenvalue weighted by molar-refractivity contribution is -0.116. The normalized spacial score (nSPS) is 10.6. The van der Waals surface area contributed by atoms with Crippen LogP contribution in [0.1, 0.15) is 27.9 Å². The predicted octanol–water partition coefficient (Wildman–Crippen LogP) is 3.83. The number of ether oxygens (including phenoxy) is 1. The number of nitrogens with one attached hydrogen (secondary N) is 2. The molecule has 0 bridgehead atoms. The smallest absolute Gasteiger partial charge is 0.336 e. The summed E-state index contributed by atoms with van der Waals surface area (Å²) in [6, 6.07) is 19.1.